The fourth-order valence-corrected chi connectivity index (χ4v) is 3.06. The fourth-order valence-electron chi connectivity index (χ4n) is 3.06. The van der Waals surface area contributed by atoms with Gasteiger partial charge >= 0.3 is 5.97 Å². The van der Waals surface area contributed by atoms with Crippen LogP contribution >= 0.6 is 0 Å². The van der Waals surface area contributed by atoms with E-state index in [4.69, 9.17) is 19.3 Å². The third kappa shape index (κ3) is 4.99. The average molecular weight is 425 g/mol. The number of benzene rings is 3. The average Bonchev–Trinajstić information content (AvgIpc) is 3.32. The summed E-state index contributed by atoms with van der Waals surface area (Å²) in [4.78, 5) is 16.5. The molecule has 0 saturated heterocycles. The standard InChI is InChI=1S/C25H19N3O4/c1-30-21-10-8-20(9-11-21)25-27-23(32-28-25)14-15-24(29)31-22-12-6-19(7-13-22)18-4-2-17(16-26)3-5-18/h2-13H,14-15H2,1H3. The van der Waals surface area contributed by atoms with E-state index >= 15 is 0 Å². The van der Waals surface area contributed by atoms with Crippen molar-refractivity contribution in [2.24, 2.45) is 0 Å². The van der Waals surface area contributed by atoms with E-state index in [1.807, 2.05) is 48.5 Å². The number of nitriles is 1. The summed E-state index contributed by atoms with van der Waals surface area (Å²) >= 11 is 0. The van der Waals surface area contributed by atoms with Gasteiger partial charge in [-0.3, -0.25) is 4.79 Å². The van der Waals surface area contributed by atoms with Crippen LogP contribution in [-0.4, -0.2) is 23.2 Å². The Labute approximate surface area is 184 Å². The summed E-state index contributed by atoms with van der Waals surface area (Å²) in [6.45, 7) is 0. The smallest absolute Gasteiger partial charge is 0.311 e. The molecule has 0 unspecified atom stereocenters. The molecule has 1 aromatic heterocycles. The maximum atomic E-state index is 12.2. The number of nitrogens with zero attached hydrogens (tertiary/aromatic N) is 3. The lowest BCUT2D eigenvalue weighted by atomic mass is 10.0. The first-order valence-corrected chi connectivity index (χ1v) is 9.93. The number of rotatable bonds is 7. The highest BCUT2D eigenvalue weighted by Crippen LogP contribution is 2.23. The summed E-state index contributed by atoms with van der Waals surface area (Å²) in [5.74, 6) is 1.63. The Hall–Kier alpha value is -4.44. The summed E-state index contributed by atoms with van der Waals surface area (Å²) in [5.41, 5.74) is 3.35. The van der Waals surface area contributed by atoms with Crippen molar-refractivity contribution in [2.75, 3.05) is 7.11 Å². The van der Waals surface area contributed by atoms with Crippen molar-refractivity contribution in [1.29, 1.82) is 5.26 Å². The van der Waals surface area contributed by atoms with Gasteiger partial charge in [0.15, 0.2) is 0 Å². The Kier molecular flexibility index (Phi) is 6.23. The zero-order chi connectivity index (χ0) is 22.3. The van der Waals surface area contributed by atoms with Crippen LogP contribution in [0.4, 0.5) is 0 Å². The molecule has 0 bridgehead atoms. The lowest BCUT2D eigenvalue weighted by Gasteiger charge is -2.06. The van der Waals surface area contributed by atoms with Crippen molar-refractivity contribution in [3.8, 4) is 40.1 Å². The largest absolute Gasteiger partial charge is 0.497 e. The predicted molar refractivity (Wildman–Crippen MR) is 117 cm³/mol. The van der Waals surface area contributed by atoms with Gasteiger partial charge in [0.1, 0.15) is 11.5 Å². The van der Waals surface area contributed by atoms with Gasteiger partial charge in [0.25, 0.3) is 0 Å². The van der Waals surface area contributed by atoms with Crippen LogP contribution < -0.4 is 9.47 Å². The Balaban J connectivity index is 1.31. The maximum Gasteiger partial charge on any atom is 0.311 e. The lowest BCUT2D eigenvalue weighted by molar-refractivity contribution is -0.134. The van der Waals surface area contributed by atoms with E-state index in [-0.39, 0.29) is 18.8 Å². The fraction of sp³-hybridized carbons (Fsp3) is 0.120. The SMILES string of the molecule is COc1ccc(-c2noc(CCC(=O)Oc3ccc(-c4ccc(C#N)cc4)cc3)n2)cc1. The first-order valence-electron chi connectivity index (χ1n) is 9.93. The molecule has 4 aromatic rings. The van der Waals surface area contributed by atoms with Crippen molar-refractivity contribution < 1.29 is 18.8 Å². The molecule has 0 aliphatic carbocycles. The van der Waals surface area contributed by atoms with E-state index in [9.17, 15) is 4.79 Å². The Morgan fingerprint density at radius 1 is 0.906 bits per heavy atom. The highest BCUT2D eigenvalue weighted by atomic mass is 16.5. The van der Waals surface area contributed by atoms with Gasteiger partial charge < -0.3 is 14.0 Å². The van der Waals surface area contributed by atoms with Crippen LogP contribution in [-0.2, 0) is 11.2 Å². The van der Waals surface area contributed by atoms with Crippen LogP contribution in [0.25, 0.3) is 22.5 Å². The van der Waals surface area contributed by atoms with Crippen LogP contribution in [0.2, 0.25) is 0 Å². The molecule has 32 heavy (non-hydrogen) atoms. The number of carbonyl (C=O) groups is 1. The second-order valence-corrected chi connectivity index (χ2v) is 6.93. The first-order chi connectivity index (χ1) is 15.6. The number of methoxy groups -OCH3 is 1. The molecule has 0 radical (unpaired) electrons. The van der Waals surface area contributed by atoms with E-state index in [1.54, 1.807) is 31.4 Å². The summed E-state index contributed by atoms with van der Waals surface area (Å²) < 4.78 is 15.8. The monoisotopic (exact) mass is 425 g/mol. The van der Waals surface area contributed by atoms with Gasteiger partial charge in [-0.1, -0.05) is 29.4 Å². The molecule has 0 aliphatic rings. The number of ether oxygens (including phenoxy) is 2. The molecule has 0 amide bonds. The zero-order valence-corrected chi connectivity index (χ0v) is 17.3. The molecular weight excluding hydrogens is 406 g/mol. The summed E-state index contributed by atoms with van der Waals surface area (Å²) in [7, 11) is 1.60. The van der Waals surface area contributed by atoms with Crippen LogP contribution in [0, 0.1) is 11.3 Å². The number of esters is 1. The molecule has 158 valence electrons. The van der Waals surface area contributed by atoms with E-state index < -0.39 is 0 Å². The molecule has 0 aliphatic heterocycles. The molecule has 3 aromatic carbocycles. The van der Waals surface area contributed by atoms with Crippen molar-refractivity contribution in [3.05, 3.63) is 84.3 Å². The van der Waals surface area contributed by atoms with Crippen molar-refractivity contribution in [2.45, 2.75) is 12.8 Å². The molecule has 0 fully saturated rings. The molecule has 7 nitrogen and oxygen atoms in total. The van der Waals surface area contributed by atoms with Crippen LogP contribution in [0.3, 0.4) is 0 Å². The topological polar surface area (TPSA) is 98.2 Å². The minimum atomic E-state index is -0.389. The zero-order valence-electron chi connectivity index (χ0n) is 17.3. The van der Waals surface area contributed by atoms with Gasteiger partial charge in [-0.05, 0) is 59.7 Å². The molecule has 0 saturated carbocycles. The van der Waals surface area contributed by atoms with Gasteiger partial charge in [0.2, 0.25) is 11.7 Å². The van der Waals surface area contributed by atoms with Gasteiger partial charge in [0.05, 0.1) is 25.2 Å². The molecular formula is C25H19N3O4. The number of aromatic nitrogens is 2. The molecule has 0 atom stereocenters. The van der Waals surface area contributed by atoms with E-state index in [2.05, 4.69) is 16.2 Å². The molecule has 4 rings (SSSR count). The molecule has 0 N–H and O–H groups in total. The number of hydrogen-bond donors (Lipinski definition) is 0. The Morgan fingerprint density at radius 2 is 1.50 bits per heavy atom. The van der Waals surface area contributed by atoms with Gasteiger partial charge in [0, 0.05) is 12.0 Å². The van der Waals surface area contributed by atoms with Crippen LogP contribution in [0.1, 0.15) is 17.9 Å². The highest BCUT2D eigenvalue weighted by Gasteiger charge is 2.12. The normalized spacial score (nSPS) is 10.4. The van der Waals surface area contributed by atoms with E-state index in [0.29, 0.717) is 23.0 Å². The second-order valence-electron chi connectivity index (χ2n) is 6.93. The van der Waals surface area contributed by atoms with E-state index in [1.165, 1.54) is 0 Å². The van der Waals surface area contributed by atoms with Crippen molar-refractivity contribution in [1.82, 2.24) is 10.1 Å². The molecule has 7 heteroatoms. The Bertz CT molecular complexity index is 1240. The van der Waals surface area contributed by atoms with Crippen LogP contribution in [0.15, 0.2) is 77.3 Å². The van der Waals surface area contributed by atoms with Crippen molar-refractivity contribution in [3.63, 3.8) is 0 Å². The third-order valence-electron chi connectivity index (χ3n) is 4.79. The molecule has 0 spiro atoms. The Morgan fingerprint density at radius 3 is 2.12 bits per heavy atom. The summed E-state index contributed by atoms with van der Waals surface area (Å²) in [6, 6.07) is 23.9. The van der Waals surface area contributed by atoms with Crippen LogP contribution in [0.5, 0.6) is 11.5 Å². The third-order valence-corrected chi connectivity index (χ3v) is 4.79. The molecule has 1 heterocycles. The lowest BCUT2D eigenvalue weighted by Crippen LogP contribution is -2.09. The van der Waals surface area contributed by atoms with Crippen molar-refractivity contribution >= 4 is 5.97 Å². The van der Waals surface area contributed by atoms with Gasteiger partial charge in [-0.15, -0.1) is 0 Å². The minimum Gasteiger partial charge on any atom is -0.497 e. The minimum absolute atomic E-state index is 0.113. The first kappa shape index (κ1) is 20.8. The quantitative estimate of drug-likeness (QED) is 0.309. The van der Waals surface area contributed by atoms with Gasteiger partial charge in [-0.25, -0.2) is 0 Å². The maximum absolute atomic E-state index is 12.2. The highest BCUT2D eigenvalue weighted by molar-refractivity contribution is 5.73. The predicted octanol–water partition coefficient (Wildman–Crippen LogP) is 4.82. The number of aryl methyl sites for hydroxylation is 1. The van der Waals surface area contributed by atoms with E-state index in [0.717, 1.165) is 22.4 Å². The summed E-state index contributed by atoms with van der Waals surface area (Å²) in [5, 5.41) is 12.8. The number of carbonyl (C=O) groups excluding carboxylic acids is 1. The number of hydrogen-bond acceptors (Lipinski definition) is 7. The van der Waals surface area contributed by atoms with Gasteiger partial charge in [-0.2, -0.15) is 10.2 Å². The summed E-state index contributed by atoms with van der Waals surface area (Å²) in [6.07, 6.45) is 0.396. The second kappa shape index (κ2) is 9.58.